The second-order valence-corrected chi connectivity index (χ2v) is 4.10. The summed E-state index contributed by atoms with van der Waals surface area (Å²) in [5.74, 6) is 2.84. The molecule has 0 atom stereocenters. The number of hydrogen-bond acceptors (Lipinski definition) is 4. The third-order valence-corrected chi connectivity index (χ3v) is 2.87. The van der Waals surface area contributed by atoms with E-state index in [1.54, 1.807) is 13.0 Å². The first-order valence-electron chi connectivity index (χ1n) is 4.59. The van der Waals surface area contributed by atoms with E-state index < -0.39 is 0 Å². The summed E-state index contributed by atoms with van der Waals surface area (Å²) < 4.78 is 0. The zero-order valence-electron chi connectivity index (χ0n) is 9.07. The van der Waals surface area contributed by atoms with Crippen molar-refractivity contribution in [2.24, 2.45) is 0 Å². The fourth-order valence-corrected chi connectivity index (χ4v) is 1.92. The normalized spacial score (nSPS) is 9.25. The van der Waals surface area contributed by atoms with Gasteiger partial charge in [0.25, 0.3) is 0 Å². The average Bonchev–Trinajstić information content (AvgIpc) is 2.25. The number of terminal acetylenes is 1. The quantitative estimate of drug-likeness (QED) is 0.454. The first-order valence-corrected chi connectivity index (χ1v) is 5.57. The maximum absolute atomic E-state index is 11.3. The lowest BCUT2D eigenvalue weighted by molar-refractivity contribution is 0.101. The first-order chi connectivity index (χ1) is 7.60. The lowest BCUT2D eigenvalue weighted by Crippen LogP contribution is -2.02. The minimum absolute atomic E-state index is 0.0880. The van der Waals surface area contributed by atoms with Gasteiger partial charge < -0.3 is 0 Å². The fraction of sp³-hybridized carbons (Fsp3) is 0.250. The molecule has 4 heteroatoms. The molecule has 80 valence electrons. The average molecular weight is 230 g/mol. The Morgan fingerprint density at radius 2 is 2.38 bits per heavy atom. The summed E-state index contributed by atoms with van der Waals surface area (Å²) in [6.45, 7) is 3.21. The maximum Gasteiger partial charge on any atom is 0.161 e. The molecule has 0 bridgehead atoms. The smallest absolute Gasteiger partial charge is 0.161 e. The molecule has 0 fully saturated rings. The predicted molar refractivity (Wildman–Crippen MR) is 63.3 cm³/mol. The molecule has 1 heterocycles. The van der Waals surface area contributed by atoms with Crippen molar-refractivity contribution in [1.29, 1.82) is 5.26 Å². The number of pyridine rings is 1. The van der Waals surface area contributed by atoms with Gasteiger partial charge in [0, 0.05) is 11.3 Å². The minimum Gasteiger partial charge on any atom is -0.294 e. The van der Waals surface area contributed by atoms with Crippen molar-refractivity contribution in [3.05, 3.63) is 22.9 Å². The highest BCUT2D eigenvalue weighted by Crippen LogP contribution is 2.22. The standard InChI is InChI=1S/C12H10N2OS/c1-4-5-16-12-10(7-13)6-11(9(3)15)8(2)14-12/h1,6H,5H2,2-3H3. The molecule has 0 N–H and O–H groups in total. The molecule has 0 aliphatic heterocycles. The van der Waals surface area contributed by atoms with E-state index in [9.17, 15) is 4.79 Å². The molecule has 0 radical (unpaired) electrons. The molecule has 3 nitrogen and oxygen atoms in total. The van der Waals surface area contributed by atoms with E-state index in [4.69, 9.17) is 11.7 Å². The molecule has 1 aromatic rings. The topological polar surface area (TPSA) is 53.8 Å². The SMILES string of the molecule is C#CCSc1nc(C)c(C(C)=O)cc1C#N. The van der Waals surface area contributed by atoms with Gasteiger partial charge in [-0.1, -0.05) is 17.7 Å². The highest BCUT2D eigenvalue weighted by Gasteiger charge is 2.11. The van der Waals surface area contributed by atoms with Crippen molar-refractivity contribution in [2.45, 2.75) is 18.9 Å². The Hall–Kier alpha value is -1.78. The number of aromatic nitrogens is 1. The number of carbonyl (C=O) groups excluding carboxylic acids is 1. The number of hydrogen-bond donors (Lipinski definition) is 0. The third kappa shape index (κ3) is 2.62. The molecule has 0 aliphatic rings. The number of aryl methyl sites for hydroxylation is 1. The maximum atomic E-state index is 11.3. The Bertz CT molecular complexity index is 509. The summed E-state index contributed by atoms with van der Waals surface area (Å²) >= 11 is 1.33. The summed E-state index contributed by atoms with van der Waals surface area (Å²) in [6.07, 6.45) is 5.15. The van der Waals surface area contributed by atoms with Crippen LogP contribution in [0.2, 0.25) is 0 Å². The molecule has 0 amide bonds. The van der Waals surface area contributed by atoms with E-state index in [1.807, 2.05) is 6.07 Å². The zero-order chi connectivity index (χ0) is 12.1. The highest BCUT2D eigenvalue weighted by molar-refractivity contribution is 7.99. The first kappa shape index (κ1) is 12.3. The van der Waals surface area contributed by atoms with E-state index in [2.05, 4.69) is 10.9 Å². The largest absolute Gasteiger partial charge is 0.294 e. The van der Waals surface area contributed by atoms with Crippen LogP contribution in [0.1, 0.15) is 28.5 Å². The molecule has 0 saturated carbocycles. The van der Waals surface area contributed by atoms with Crippen LogP contribution in [0.5, 0.6) is 0 Å². The van der Waals surface area contributed by atoms with E-state index in [0.29, 0.717) is 27.6 Å². The van der Waals surface area contributed by atoms with Gasteiger partial charge in [0.15, 0.2) is 5.78 Å². The van der Waals surface area contributed by atoms with Gasteiger partial charge in [-0.3, -0.25) is 4.79 Å². The number of Topliss-reactive ketones (excluding diaryl/α,β-unsaturated/α-hetero) is 1. The Morgan fingerprint density at radius 3 is 2.88 bits per heavy atom. The molecule has 0 aromatic carbocycles. The summed E-state index contributed by atoms with van der Waals surface area (Å²) in [7, 11) is 0. The Kier molecular flexibility index (Phi) is 4.10. The summed E-state index contributed by atoms with van der Waals surface area (Å²) in [4.78, 5) is 15.5. The molecule has 0 saturated heterocycles. The number of rotatable bonds is 3. The lowest BCUT2D eigenvalue weighted by atomic mass is 10.1. The highest BCUT2D eigenvalue weighted by atomic mass is 32.2. The second kappa shape index (κ2) is 5.34. The molecule has 16 heavy (non-hydrogen) atoms. The lowest BCUT2D eigenvalue weighted by Gasteiger charge is -2.06. The van der Waals surface area contributed by atoms with Gasteiger partial charge in [-0.15, -0.1) is 6.42 Å². The summed E-state index contributed by atoms with van der Waals surface area (Å²) in [5, 5.41) is 9.53. The van der Waals surface area contributed by atoms with Crippen molar-refractivity contribution in [3.8, 4) is 18.4 Å². The van der Waals surface area contributed by atoms with Gasteiger partial charge >= 0.3 is 0 Å². The van der Waals surface area contributed by atoms with Crippen LogP contribution in [0.15, 0.2) is 11.1 Å². The Labute approximate surface area is 98.9 Å². The van der Waals surface area contributed by atoms with Crippen LogP contribution in [0.3, 0.4) is 0 Å². The molecule has 0 spiro atoms. The minimum atomic E-state index is -0.0880. The fourth-order valence-electron chi connectivity index (χ4n) is 1.24. The molecular weight excluding hydrogens is 220 g/mol. The van der Waals surface area contributed by atoms with Crippen molar-refractivity contribution in [1.82, 2.24) is 4.98 Å². The van der Waals surface area contributed by atoms with E-state index >= 15 is 0 Å². The van der Waals surface area contributed by atoms with Gasteiger partial charge in [0.2, 0.25) is 0 Å². The molecule has 0 aliphatic carbocycles. The van der Waals surface area contributed by atoms with Gasteiger partial charge in [-0.25, -0.2) is 4.98 Å². The molecule has 0 unspecified atom stereocenters. The number of thioether (sulfide) groups is 1. The second-order valence-electron chi connectivity index (χ2n) is 3.13. The van der Waals surface area contributed by atoms with Gasteiger partial charge in [0.05, 0.1) is 11.3 Å². The van der Waals surface area contributed by atoms with E-state index in [-0.39, 0.29) is 5.78 Å². The van der Waals surface area contributed by atoms with E-state index in [0.717, 1.165) is 0 Å². The van der Waals surface area contributed by atoms with Crippen LogP contribution in [0.25, 0.3) is 0 Å². The monoisotopic (exact) mass is 230 g/mol. The number of ketones is 1. The summed E-state index contributed by atoms with van der Waals surface area (Å²) in [6, 6.07) is 3.60. The van der Waals surface area contributed by atoms with Gasteiger partial charge in [-0.2, -0.15) is 5.26 Å². The van der Waals surface area contributed by atoms with Crippen LogP contribution in [-0.4, -0.2) is 16.5 Å². The van der Waals surface area contributed by atoms with E-state index in [1.165, 1.54) is 18.7 Å². The van der Waals surface area contributed by atoms with Crippen LogP contribution in [0, 0.1) is 30.6 Å². The Morgan fingerprint density at radius 1 is 1.69 bits per heavy atom. The van der Waals surface area contributed by atoms with Crippen LogP contribution in [0.4, 0.5) is 0 Å². The number of nitrogens with zero attached hydrogens (tertiary/aromatic N) is 2. The predicted octanol–water partition coefficient (Wildman–Crippen LogP) is 2.19. The zero-order valence-corrected chi connectivity index (χ0v) is 9.89. The van der Waals surface area contributed by atoms with Crippen LogP contribution < -0.4 is 0 Å². The van der Waals surface area contributed by atoms with Gasteiger partial charge in [-0.05, 0) is 19.9 Å². The molecule has 1 rings (SSSR count). The molecule has 1 aromatic heterocycles. The Balaban J connectivity index is 3.23. The van der Waals surface area contributed by atoms with Crippen molar-refractivity contribution >= 4 is 17.5 Å². The van der Waals surface area contributed by atoms with Crippen molar-refractivity contribution in [2.75, 3.05) is 5.75 Å². The molecular formula is C12H10N2OS. The van der Waals surface area contributed by atoms with Crippen LogP contribution >= 0.6 is 11.8 Å². The summed E-state index contributed by atoms with van der Waals surface area (Å²) in [5.41, 5.74) is 1.52. The van der Waals surface area contributed by atoms with Crippen LogP contribution in [-0.2, 0) is 0 Å². The van der Waals surface area contributed by atoms with Gasteiger partial charge in [0.1, 0.15) is 11.1 Å². The number of carbonyl (C=O) groups is 1. The van der Waals surface area contributed by atoms with Crippen molar-refractivity contribution in [3.63, 3.8) is 0 Å². The third-order valence-electron chi connectivity index (χ3n) is 1.97. The van der Waals surface area contributed by atoms with Crippen molar-refractivity contribution < 1.29 is 4.79 Å². The number of nitriles is 1.